The molecule has 0 saturated heterocycles. The maximum absolute atomic E-state index is 11.9. The van der Waals surface area contributed by atoms with Crippen LogP contribution in [0.2, 0.25) is 0 Å². The van der Waals surface area contributed by atoms with Crippen LogP contribution in [0, 0.1) is 0 Å². The standard InChI is InChI=1S/C13H19NO4/c1-5-8(2)18-13(15)9-6-11(16-3)12(17-4)7-10(9)14/h6-8H,5,14H2,1-4H3. The Hall–Kier alpha value is -1.91. The van der Waals surface area contributed by atoms with E-state index in [0.29, 0.717) is 17.2 Å². The third kappa shape index (κ3) is 3.06. The van der Waals surface area contributed by atoms with Crippen molar-refractivity contribution < 1.29 is 19.0 Å². The second-order valence-corrected chi connectivity index (χ2v) is 3.92. The summed E-state index contributed by atoms with van der Waals surface area (Å²) >= 11 is 0. The monoisotopic (exact) mass is 253 g/mol. The van der Waals surface area contributed by atoms with Gasteiger partial charge in [0.05, 0.1) is 31.6 Å². The molecule has 1 aromatic rings. The summed E-state index contributed by atoms with van der Waals surface area (Å²) < 4.78 is 15.4. The lowest BCUT2D eigenvalue weighted by Gasteiger charge is -2.14. The van der Waals surface area contributed by atoms with Crippen LogP contribution in [0.25, 0.3) is 0 Å². The van der Waals surface area contributed by atoms with Gasteiger partial charge in [-0.3, -0.25) is 0 Å². The molecular formula is C13H19NO4. The number of hydrogen-bond donors (Lipinski definition) is 1. The summed E-state index contributed by atoms with van der Waals surface area (Å²) in [6, 6.07) is 3.07. The second-order valence-electron chi connectivity index (χ2n) is 3.92. The molecule has 5 nitrogen and oxygen atoms in total. The molecule has 0 aromatic heterocycles. The summed E-state index contributed by atoms with van der Waals surface area (Å²) in [5, 5.41) is 0. The highest BCUT2D eigenvalue weighted by atomic mass is 16.5. The van der Waals surface area contributed by atoms with Gasteiger partial charge in [-0.25, -0.2) is 4.79 Å². The van der Waals surface area contributed by atoms with Crippen LogP contribution in [-0.4, -0.2) is 26.3 Å². The summed E-state index contributed by atoms with van der Waals surface area (Å²) in [5.74, 6) is 0.473. The van der Waals surface area contributed by atoms with Gasteiger partial charge >= 0.3 is 5.97 Å². The quantitative estimate of drug-likeness (QED) is 0.643. The average Bonchev–Trinajstić information content (AvgIpc) is 2.37. The van der Waals surface area contributed by atoms with E-state index in [2.05, 4.69) is 0 Å². The number of benzene rings is 1. The number of ether oxygens (including phenoxy) is 3. The van der Waals surface area contributed by atoms with Gasteiger partial charge in [0, 0.05) is 12.1 Å². The minimum Gasteiger partial charge on any atom is -0.493 e. The molecule has 2 N–H and O–H groups in total. The van der Waals surface area contributed by atoms with Gasteiger partial charge in [0.25, 0.3) is 0 Å². The van der Waals surface area contributed by atoms with Crippen LogP contribution in [0.5, 0.6) is 11.5 Å². The van der Waals surface area contributed by atoms with Crippen molar-refractivity contribution in [3.8, 4) is 11.5 Å². The highest BCUT2D eigenvalue weighted by Gasteiger charge is 2.17. The molecule has 0 fully saturated rings. The van der Waals surface area contributed by atoms with Crippen LogP contribution < -0.4 is 15.2 Å². The Morgan fingerprint density at radius 1 is 1.28 bits per heavy atom. The molecule has 18 heavy (non-hydrogen) atoms. The van der Waals surface area contributed by atoms with E-state index in [1.807, 2.05) is 13.8 Å². The fraction of sp³-hybridized carbons (Fsp3) is 0.462. The summed E-state index contributed by atoms with van der Waals surface area (Å²) in [4.78, 5) is 11.9. The van der Waals surface area contributed by atoms with Crippen LogP contribution in [0.1, 0.15) is 30.6 Å². The van der Waals surface area contributed by atoms with Crippen LogP contribution in [0.15, 0.2) is 12.1 Å². The van der Waals surface area contributed by atoms with Crippen LogP contribution >= 0.6 is 0 Å². The largest absolute Gasteiger partial charge is 0.493 e. The molecule has 0 aliphatic rings. The van der Waals surface area contributed by atoms with Gasteiger partial charge < -0.3 is 19.9 Å². The Labute approximate surface area is 107 Å². The van der Waals surface area contributed by atoms with Crippen LogP contribution in [-0.2, 0) is 4.74 Å². The lowest BCUT2D eigenvalue weighted by atomic mass is 10.1. The molecule has 0 spiro atoms. The predicted molar refractivity (Wildman–Crippen MR) is 69.1 cm³/mol. The van der Waals surface area contributed by atoms with Crippen molar-refractivity contribution in [3.05, 3.63) is 17.7 Å². The first-order valence-electron chi connectivity index (χ1n) is 5.75. The van der Waals surface area contributed by atoms with E-state index in [0.717, 1.165) is 6.42 Å². The molecule has 5 heteroatoms. The number of hydrogen-bond acceptors (Lipinski definition) is 5. The third-order valence-corrected chi connectivity index (χ3v) is 2.66. The minimum absolute atomic E-state index is 0.148. The van der Waals surface area contributed by atoms with Crippen molar-refractivity contribution in [2.45, 2.75) is 26.4 Å². The van der Waals surface area contributed by atoms with Gasteiger partial charge in [-0.1, -0.05) is 6.92 Å². The SMILES string of the molecule is CCC(C)OC(=O)c1cc(OC)c(OC)cc1N. The Bertz CT molecular complexity index is 431. The first-order chi connectivity index (χ1) is 8.53. The highest BCUT2D eigenvalue weighted by Crippen LogP contribution is 2.32. The number of esters is 1. The molecule has 0 aliphatic carbocycles. The predicted octanol–water partition coefficient (Wildman–Crippen LogP) is 2.24. The Morgan fingerprint density at radius 2 is 1.83 bits per heavy atom. The topological polar surface area (TPSA) is 70.8 Å². The van der Waals surface area contributed by atoms with Crippen molar-refractivity contribution in [2.24, 2.45) is 0 Å². The zero-order valence-electron chi connectivity index (χ0n) is 11.1. The molecule has 1 unspecified atom stereocenters. The molecule has 0 aliphatic heterocycles. The molecular weight excluding hydrogens is 234 g/mol. The maximum atomic E-state index is 11.9. The maximum Gasteiger partial charge on any atom is 0.340 e. The van der Waals surface area contributed by atoms with Crippen molar-refractivity contribution in [1.82, 2.24) is 0 Å². The number of nitrogens with two attached hydrogens (primary N) is 1. The van der Waals surface area contributed by atoms with Gasteiger partial charge in [-0.2, -0.15) is 0 Å². The number of carbonyl (C=O) groups is 1. The number of nitrogen functional groups attached to an aromatic ring is 1. The highest BCUT2D eigenvalue weighted by molar-refractivity contribution is 5.96. The number of rotatable bonds is 5. The zero-order valence-corrected chi connectivity index (χ0v) is 11.1. The van der Waals surface area contributed by atoms with E-state index in [4.69, 9.17) is 19.9 Å². The van der Waals surface area contributed by atoms with E-state index in [-0.39, 0.29) is 11.7 Å². The van der Waals surface area contributed by atoms with Crippen molar-refractivity contribution in [1.29, 1.82) is 0 Å². The van der Waals surface area contributed by atoms with Gasteiger partial charge in [-0.15, -0.1) is 0 Å². The van der Waals surface area contributed by atoms with Gasteiger partial charge in [-0.05, 0) is 13.3 Å². The van der Waals surface area contributed by atoms with Crippen molar-refractivity contribution >= 4 is 11.7 Å². The average molecular weight is 253 g/mol. The lowest BCUT2D eigenvalue weighted by Crippen LogP contribution is -2.15. The normalized spacial score (nSPS) is 11.8. The Morgan fingerprint density at radius 3 is 2.33 bits per heavy atom. The Balaban J connectivity index is 3.05. The molecule has 0 radical (unpaired) electrons. The smallest absolute Gasteiger partial charge is 0.340 e. The number of methoxy groups -OCH3 is 2. The van der Waals surface area contributed by atoms with E-state index in [1.165, 1.54) is 20.3 Å². The van der Waals surface area contributed by atoms with Crippen molar-refractivity contribution in [3.63, 3.8) is 0 Å². The molecule has 0 heterocycles. The Kier molecular flexibility index (Phi) is 4.83. The zero-order chi connectivity index (χ0) is 13.7. The molecule has 0 bridgehead atoms. The van der Waals surface area contributed by atoms with Gasteiger partial charge in [0.1, 0.15) is 0 Å². The fourth-order valence-corrected chi connectivity index (χ4v) is 1.40. The number of anilines is 1. The molecule has 1 atom stereocenters. The molecule has 0 saturated carbocycles. The van der Waals surface area contributed by atoms with Crippen LogP contribution in [0.3, 0.4) is 0 Å². The summed E-state index contributed by atoms with van der Waals surface area (Å²) in [5.41, 5.74) is 6.39. The van der Waals surface area contributed by atoms with Crippen LogP contribution in [0.4, 0.5) is 5.69 Å². The molecule has 1 aromatic carbocycles. The molecule has 1 rings (SSSR count). The van der Waals surface area contributed by atoms with E-state index in [1.54, 1.807) is 6.07 Å². The molecule has 100 valence electrons. The van der Waals surface area contributed by atoms with E-state index in [9.17, 15) is 4.79 Å². The van der Waals surface area contributed by atoms with Crippen molar-refractivity contribution in [2.75, 3.05) is 20.0 Å². The van der Waals surface area contributed by atoms with E-state index < -0.39 is 5.97 Å². The van der Waals surface area contributed by atoms with E-state index >= 15 is 0 Å². The molecule has 0 amide bonds. The summed E-state index contributed by atoms with van der Waals surface area (Å²) in [6.07, 6.45) is 0.601. The van der Waals surface area contributed by atoms with Gasteiger partial charge in [0.15, 0.2) is 11.5 Å². The number of carbonyl (C=O) groups excluding carboxylic acids is 1. The summed E-state index contributed by atoms with van der Waals surface area (Å²) in [7, 11) is 3.01. The second kappa shape index (κ2) is 6.14. The van der Waals surface area contributed by atoms with Gasteiger partial charge in [0.2, 0.25) is 0 Å². The first-order valence-corrected chi connectivity index (χ1v) is 5.75. The summed E-state index contributed by atoms with van der Waals surface area (Å²) in [6.45, 7) is 3.77. The lowest BCUT2D eigenvalue weighted by molar-refractivity contribution is 0.0335. The third-order valence-electron chi connectivity index (χ3n) is 2.66. The fourth-order valence-electron chi connectivity index (χ4n) is 1.40. The first kappa shape index (κ1) is 14.2. The minimum atomic E-state index is -0.456.